The van der Waals surface area contributed by atoms with Gasteiger partial charge in [0, 0.05) is 11.3 Å². The summed E-state index contributed by atoms with van der Waals surface area (Å²) in [7, 11) is 0. The van der Waals surface area contributed by atoms with Crippen LogP contribution in [-0.4, -0.2) is 23.9 Å². The number of para-hydroxylation sites is 1. The van der Waals surface area contributed by atoms with E-state index in [2.05, 4.69) is 93.9 Å². The van der Waals surface area contributed by atoms with Gasteiger partial charge in [-0.1, -0.05) is 48.6 Å². The Labute approximate surface area is 207 Å². The molecule has 2 aromatic rings. The summed E-state index contributed by atoms with van der Waals surface area (Å²) in [6, 6.07) is 17.8. The molecule has 0 saturated heterocycles. The Hall–Kier alpha value is -2.21. The van der Waals surface area contributed by atoms with Crippen LogP contribution in [0.2, 0.25) is 0 Å². The normalized spacial score (nSPS) is 26.3. The first kappa shape index (κ1) is 20.4. The second-order valence-corrected chi connectivity index (χ2v) is 9.94. The summed E-state index contributed by atoms with van der Waals surface area (Å²) in [5, 5.41) is 0. The molecule has 0 saturated carbocycles. The van der Waals surface area contributed by atoms with Gasteiger partial charge in [0.15, 0.2) is 17.7 Å². The van der Waals surface area contributed by atoms with E-state index in [4.69, 9.17) is 4.99 Å². The first-order valence-electron chi connectivity index (χ1n) is 11.1. The van der Waals surface area contributed by atoms with Gasteiger partial charge < -0.3 is 21.9 Å². The third-order valence-corrected chi connectivity index (χ3v) is 8.05. The molecule has 1 N–H and O–H groups in total. The lowest BCUT2D eigenvalue weighted by atomic mass is 9.82. The molecule has 2 aromatic carbocycles. The number of rotatable bonds is 2. The zero-order valence-electron chi connectivity index (χ0n) is 17.6. The second-order valence-electron chi connectivity index (χ2n) is 9.08. The molecular weight excluding hydrogens is 526 g/mol. The number of hydrogen-bond acceptors (Lipinski definition) is 2. The molecular formula is C27H23Br2N3. The van der Waals surface area contributed by atoms with E-state index in [1.165, 1.54) is 44.3 Å². The van der Waals surface area contributed by atoms with Gasteiger partial charge in [-0.2, -0.15) is 0 Å². The Kier molecular flexibility index (Phi) is 4.90. The number of fused-ring (bicyclic) bond motifs is 5. The maximum atomic E-state index is 4.88. The van der Waals surface area contributed by atoms with E-state index in [-0.39, 0.29) is 17.0 Å². The van der Waals surface area contributed by atoms with E-state index in [0.717, 1.165) is 30.4 Å². The van der Waals surface area contributed by atoms with Gasteiger partial charge in [0.2, 0.25) is 0 Å². The predicted molar refractivity (Wildman–Crippen MR) is 128 cm³/mol. The number of aliphatic imine (C=N–C) groups is 1. The van der Waals surface area contributed by atoms with Crippen molar-refractivity contribution < 1.29 is 21.9 Å². The Morgan fingerprint density at radius 3 is 2.81 bits per heavy atom. The van der Waals surface area contributed by atoms with Crippen LogP contribution in [0.4, 0.5) is 5.69 Å². The summed E-state index contributed by atoms with van der Waals surface area (Å²) in [5.41, 5.74) is 11.4. The molecule has 0 radical (unpaired) electrons. The van der Waals surface area contributed by atoms with Gasteiger partial charge >= 0.3 is 0 Å². The molecule has 32 heavy (non-hydrogen) atoms. The summed E-state index contributed by atoms with van der Waals surface area (Å²) in [6.45, 7) is 0.737. The molecule has 3 unspecified atom stereocenters. The minimum atomic E-state index is 0. The van der Waals surface area contributed by atoms with E-state index in [0.29, 0.717) is 12.0 Å². The lowest BCUT2D eigenvalue weighted by Crippen LogP contribution is -3.04. The summed E-state index contributed by atoms with van der Waals surface area (Å²) in [6.07, 6.45) is 12.8. The van der Waals surface area contributed by atoms with E-state index in [1.807, 2.05) is 0 Å². The number of hydrogen-bond donors (Lipinski definition) is 1. The van der Waals surface area contributed by atoms with Crippen LogP contribution in [0.3, 0.4) is 0 Å². The molecule has 3 nitrogen and oxygen atoms in total. The molecule has 160 valence electrons. The first-order chi connectivity index (χ1) is 15.3. The van der Waals surface area contributed by atoms with E-state index < -0.39 is 0 Å². The van der Waals surface area contributed by atoms with Gasteiger partial charge in [-0.25, -0.2) is 9.89 Å². The molecule has 2 aliphatic carbocycles. The molecule has 3 atom stereocenters. The minimum Gasteiger partial charge on any atom is -1.00 e. The highest BCUT2D eigenvalue weighted by Crippen LogP contribution is 2.49. The second kappa shape index (κ2) is 7.68. The maximum Gasteiger partial charge on any atom is 0.195 e. The fraction of sp³-hybridized carbons (Fsp3) is 0.222. The van der Waals surface area contributed by atoms with Crippen molar-refractivity contribution in [2.24, 2.45) is 10.9 Å². The number of nitrogens with one attached hydrogen (secondary N) is 1. The lowest BCUT2D eigenvalue weighted by molar-refractivity contribution is -0.675. The molecule has 0 amide bonds. The average molecular weight is 549 g/mol. The van der Waals surface area contributed by atoms with Crippen molar-refractivity contribution in [3.05, 3.63) is 105 Å². The zero-order chi connectivity index (χ0) is 20.5. The summed E-state index contributed by atoms with van der Waals surface area (Å²) >= 11 is 3.81. The molecule has 0 bridgehead atoms. The van der Waals surface area contributed by atoms with Crippen LogP contribution in [0.15, 0.2) is 98.8 Å². The fourth-order valence-corrected chi connectivity index (χ4v) is 6.70. The number of nitrogens with zero attached hydrogens (tertiary/aromatic N) is 2. The van der Waals surface area contributed by atoms with Gasteiger partial charge in [0.05, 0.1) is 10.0 Å². The molecule has 5 heteroatoms. The number of quaternary nitrogens is 1. The van der Waals surface area contributed by atoms with Gasteiger partial charge in [-0.15, -0.1) is 0 Å². The van der Waals surface area contributed by atoms with Crippen molar-refractivity contribution in [2.75, 3.05) is 6.67 Å². The Morgan fingerprint density at radius 2 is 1.94 bits per heavy atom. The van der Waals surface area contributed by atoms with Crippen LogP contribution in [0.5, 0.6) is 0 Å². The highest BCUT2D eigenvalue weighted by molar-refractivity contribution is 9.10. The molecule has 0 aromatic heterocycles. The molecule has 5 aliphatic rings. The average Bonchev–Trinajstić information content (AvgIpc) is 3.20. The van der Waals surface area contributed by atoms with Crippen LogP contribution < -0.4 is 21.9 Å². The van der Waals surface area contributed by atoms with Crippen LogP contribution in [0.25, 0.3) is 5.57 Å². The fourth-order valence-electron chi connectivity index (χ4n) is 6.12. The highest BCUT2D eigenvalue weighted by atomic mass is 79.9. The van der Waals surface area contributed by atoms with Crippen LogP contribution in [-0.2, 0) is 6.42 Å². The molecule has 3 heterocycles. The Morgan fingerprint density at radius 1 is 1.06 bits per heavy atom. The summed E-state index contributed by atoms with van der Waals surface area (Å²) < 4.78 is 1.16. The van der Waals surface area contributed by atoms with E-state index in [1.54, 1.807) is 5.57 Å². The van der Waals surface area contributed by atoms with Crippen LogP contribution in [0.1, 0.15) is 24.0 Å². The van der Waals surface area contributed by atoms with Crippen LogP contribution in [0, 0.1) is 5.92 Å². The van der Waals surface area contributed by atoms with Gasteiger partial charge in [-0.05, 0) is 76.0 Å². The first-order valence-corrected chi connectivity index (χ1v) is 11.9. The SMILES string of the molecule is Brc1cccc2c1[NH+]1C=NCN3C4=CCC(Cc5ccccc5)CC4=C4C=CC2=C1C43.[Br-]. The maximum absolute atomic E-state index is 4.88. The molecule has 0 fully saturated rings. The summed E-state index contributed by atoms with van der Waals surface area (Å²) in [4.78, 5) is 8.73. The van der Waals surface area contributed by atoms with E-state index in [9.17, 15) is 0 Å². The van der Waals surface area contributed by atoms with Crippen molar-refractivity contribution in [2.45, 2.75) is 25.3 Å². The Bertz CT molecular complexity index is 1270. The molecule has 7 rings (SSSR count). The molecule has 3 aliphatic heterocycles. The van der Waals surface area contributed by atoms with Crippen molar-refractivity contribution in [3.63, 3.8) is 0 Å². The topological polar surface area (TPSA) is 20.0 Å². The largest absolute Gasteiger partial charge is 1.00 e. The van der Waals surface area contributed by atoms with Gasteiger partial charge in [-0.3, -0.25) is 0 Å². The van der Waals surface area contributed by atoms with Gasteiger partial charge in [0.25, 0.3) is 0 Å². The zero-order valence-corrected chi connectivity index (χ0v) is 20.7. The Balaban J connectivity index is 0.00000196. The smallest absolute Gasteiger partial charge is 0.195 e. The minimum absolute atomic E-state index is 0. The van der Waals surface area contributed by atoms with Gasteiger partial charge in [0.1, 0.15) is 12.7 Å². The third-order valence-electron chi connectivity index (χ3n) is 7.39. The number of allylic oxidation sites excluding steroid dienone is 4. The third kappa shape index (κ3) is 2.84. The van der Waals surface area contributed by atoms with E-state index >= 15 is 0 Å². The standard InChI is InChI=1S/C27H22BrN3.BrH/c28-23-8-4-7-19-20-10-11-21-22-14-18(13-17-5-2-1-3-6-17)9-12-24(22)30-15-29-16-31(25(19)23)27(20)26(21)30;/h1-8,10-12,16,18,26H,9,13-15H2;1H. The molecule has 0 spiro atoms. The monoisotopic (exact) mass is 547 g/mol. The highest BCUT2D eigenvalue weighted by Gasteiger charge is 2.50. The number of benzene rings is 2. The predicted octanol–water partition coefficient (Wildman–Crippen LogP) is 1.78. The quantitative estimate of drug-likeness (QED) is 0.606. The van der Waals surface area contributed by atoms with Crippen LogP contribution >= 0.6 is 15.9 Å². The van der Waals surface area contributed by atoms with Crippen molar-refractivity contribution in [1.29, 1.82) is 0 Å². The van der Waals surface area contributed by atoms with Crippen molar-refractivity contribution in [1.82, 2.24) is 4.90 Å². The van der Waals surface area contributed by atoms with Crippen molar-refractivity contribution in [3.8, 4) is 0 Å². The number of halogens is 2. The van der Waals surface area contributed by atoms with Crippen molar-refractivity contribution >= 4 is 33.5 Å². The summed E-state index contributed by atoms with van der Waals surface area (Å²) in [5.74, 6) is 0.669. The lowest BCUT2D eigenvalue weighted by Gasteiger charge is -2.30.